The Morgan fingerprint density at radius 2 is 1.50 bits per heavy atom. The van der Waals surface area contributed by atoms with Gasteiger partial charge >= 0.3 is 0 Å². The van der Waals surface area contributed by atoms with E-state index >= 15 is 0 Å². The molecule has 1 aromatic rings. The first-order valence-corrected chi connectivity index (χ1v) is 7.42. The van der Waals surface area contributed by atoms with E-state index in [2.05, 4.69) is 45.7 Å². The van der Waals surface area contributed by atoms with E-state index in [1.165, 1.54) is 27.8 Å². The molecule has 3 nitrogen and oxygen atoms in total. The third-order valence-electron chi connectivity index (χ3n) is 4.71. The van der Waals surface area contributed by atoms with Gasteiger partial charge in [-0.05, 0) is 62.6 Å². The molecule has 0 unspecified atom stereocenters. The van der Waals surface area contributed by atoms with Crippen molar-refractivity contribution < 1.29 is 4.79 Å². The van der Waals surface area contributed by atoms with Crippen molar-refractivity contribution >= 4 is 5.91 Å². The fourth-order valence-electron chi connectivity index (χ4n) is 2.88. The van der Waals surface area contributed by atoms with Crippen LogP contribution < -0.4 is 0 Å². The highest BCUT2D eigenvalue weighted by Crippen LogP contribution is 2.22. The Bertz CT molecular complexity index is 488. The summed E-state index contributed by atoms with van der Waals surface area (Å²) >= 11 is 0. The quantitative estimate of drug-likeness (QED) is 0.826. The van der Waals surface area contributed by atoms with Crippen molar-refractivity contribution in [1.29, 1.82) is 0 Å². The lowest BCUT2D eigenvalue weighted by molar-refractivity contribution is -0.132. The van der Waals surface area contributed by atoms with Gasteiger partial charge in [-0.25, -0.2) is 0 Å². The molecule has 0 saturated carbocycles. The van der Waals surface area contributed by atoms with Gasteiger partial charge in [-0.15, -0.1) is 0 Å². The van der Waals surface area contributed by atoms with Crippen LogP contribution in [0.3, 0.4) is 0 Å². The van der Waals surface area contributed by atoms with Gasteiger partial charge in [0.05, 0.1) is 6.42 Å². The molecule has 1 heterocycles. The van der Waals surface area contributed by atoms with Gasteiger partial charge in [0.1, 0.15) is 0 Å². The van der Waals surface area contributed by atoms with Gasteiger partial charge in [-0.3, -0.25) is 4.79 Å². The highest BCUT2D eigenvalue weighted by molar-refractivity contribution is 5.80. The van der Waals surface area contributed by atoms with Crippen LogP contribution in [0.5, 0.6) is 0 Å². The molecule has 0 bridgehead atoms. The van der Waals surface area contributed by atoms with Crippen LogP contribution in [0.15, 0.2) is 6.07 Å². The number of likely N-dealkylation sites (N-methyl/N-ethyl adjacent to an activating group) is 1. The van der Waals surface area contributed by atoms with E-state index in [-0.39, 0.29) is 5.91 Å². The third-order valence-corrected chi connectivity index (χ3v) is 4.71. The van der Waals surface area contributed by atoms with Crippen molar-refractivity contribution in [3.63, 3.8) is 0 Å². The van der Waals surface area contributed by atoms with Crippen molar-refractivity contribution in [3.8, 4) is 0 Å². The Labute approximate surface area is 122 Å². The second-order valence-electron chi connectivity index (χ2n) is 6.10. The second kappa shape index (κ2) is 5.96. The molecule has 110 valence electrons. The predicted molar refractivity (Wildman–Crippen MR) is 83.2 cm³/mol. The molecule has 0 aliphatic carbocycles. The van der Waals surface area contributed by atoms with Gasteiger partial charge in [0, 0.05) is 26.2 Å². The van der Waals surface area contributed by atoms with Crippen molar-refractivity contribution in [3.05, 3.63) is 33.9 Å². The first-order valence-electron chi connectivity index (χ1n) is 7.42. The lowest BCUT2D eigenvalue weighted by Crippen LogP contribution is -2.47. The van der Waals surface area contributed by atoms with Crippen molar-refractivity contribution in [2.45, 2.75) is 34.1 Å². The first kappa shape index (κ1) is 15.0. The molecular weight excluding hydrogens is 248 g/mol. The van der Waals surface area contributed by atoms with Gasteiger partial charge < -0.3 is 9.80 Å². The van der Waals surface area contributed by atoms with Crippen LogP contribution in [0, 0.1) is 27.7 Å². The number of piperazine rings is 1. The maximum Gasteiger partial charge on any atom is 0.227 e. The Balaban J connectivity index is 2.16. The summed E-state index contributed by atoms with van der Waals surface area (Å²) in [6, 6.07) is 2.22. The van der Waals surface area contributed by atoms with E-state index in [9.17, 15) is 4.79 Å². The maximum absolute atomic E-state index is 12.5. The second-order valence-corrected chi connectivity index (χ2v) is 6.10. The fourth-order valence-corrected chi connectivity index (χ4v) is 2.88. The van der Waals surface area contributed by atoms with Gasteiger partial charge in [0.15, 0.2) is 0 Å². The minimum absolute atomic E-state index is 0.273. The van der Waals surface area contributed by atoms with Gasteiger partial charge in [-0.1, -0.05) is 6.07 Å². The third kappa shape index (κ3) is 3.04. The summed E-state index contributed by atoms with van der Waals surface area (Å²) in [5, 5.41) is 0. The largest absolute Gasteiger partial charge is 0.340 e. The number of aryl methyl sites for hydroxylation is 2. The molecule has 1 saturated heterocycles. The Hall–Kier alpha value is -1.35. The Kier molecular flexibility index (Phi) is 4.48. The van der Waals surface area contributed by atoms with Crippen LogP contribution in [-0.4, -0.2) is 48.9 Å². The molecule has 1 amide bonds. The average Bonchev–Trinajstić information content (AvgIpc) is 2.42. The van der Waals surface area contributed by atoms with E-state index in [0.29, 0.717) is 6.42 Å². The number of carbonyl (C=O) groups excluding carboxylic acids is 1. The van der Waals surface area contributed by atoms with E-state index in [1.54, 1.807) is 0 Å². The van der Waals surface area contributed by atoms with Crippen LogP contribution in [0.4, 0.5) is 0 Å². The molecule has 0 radical (unpaired) electrons. The van der Waals surface area contributed by atoms with E-state index in [4.69, 9.17) is 0 Å². The normalized spacial score (nSPS) is 16.6. The number of rotatable bonds is 2. The SMILES string of the molecule is Cc1cc(C)c(C)c(CC(=O)N2CCN(C)CC2)c1C. The van der Waals surface area contributed by atoms with Crippen LogP contribution in [0.1, 0.15) is 27.8 Å². The molecule has 2 rings (SSSR count). The van der Waals surface area contributed by atoms with Gasteiger partial charge in [0.2, 0.25) is 5.91 Å². The zero-order chi connectivity index (χ0) is 14.9. The number of benzene rings is 1. The number of nitrogens with zero attached hydrogens (tertiary/aromatic N) is 2. The lowest BCUT2D eigenvalue weighted by Gasteiger charge is -2.32. The highest BCUT2D eigenvalue weighted by Gasteiger charge is 2.21. The van der Waals surface area contributed by atoms with Crippen molar-refractivity contribution in [2.24, 2.45) is 0 Å². The summed E-state index contributed by atoms with van der Waals surface area (Å²) in [5.41, 5.74) is 6.35. The van der Waals surface area contributed by atoms with Crippen molar-refractivity contribution in [1.82, 2.24) is 9.80 Å². The summed E-state index contributed by atoms with van der Waals surface area (Å²) < 4.78 is 0. The summed E-state index contributed by atoms with van der Waals surface area (Å²) in [6.45, 7) is 12.2. The summed E-state index contributed by atoms with van der Waals surface area (Å²) in [4.78, 5) is 16.8. The summed E-state index contributed by atoms with van der Waals surface area (Å²) in [5.74, 6) is 0.273. The molecule has 0 aromatic heterocycles. The van der Waals surface area contributed by atoms with Crippen LogP contribution in [-0.2, 0) is 11.2 Å². The molecule has 20 heavy (non-hydrogen) atoms. The molecular formula is C17H26N2O. The molecule has 0 N–H and O–H groups in total. The molecule has 1 aliphatic rings. The number of amides is 1. The van der Waals surface area contributed by atoms with E-state index < -0.39 is 0 Å². The first-order chi connectivity index (χ1) is 9.40. The molecule has 3 heteroatoms. The van der Waals surface area contributed by atoms with Gasteiger partial charge in [0.25, 0.3) is 0 Å². The van der Waals surface area contributed by atoms with Crippen LogP contribution >= 0.6 is 0 Å². The highest BCUT2D eigenvalue weighted by atomic mass is 16.2. The Morgan fingerprint density at radius 1 is 1.00 bits per heavy atom. The number of hydrogen-bond donors (Lipinski definition) is 0. The molecule has 1 aliphatic heterocycles. The van der Waals surface area contributed by atoms with Crippen molar-refractivity contribution in [2.75, 3.05) is 33.2 Å². The molecule has 1 fully saturated rings. The zero-order valence-corrected chi connectivity index (χ0v) is 13.4. The number of carbonyl (C=O) groups is 1. The zero-order valence-electron chi connectivity index (χ0n) is 13.4. The standard InChI is InChI=1S/C17H26N2O/c1-12-10-13(2)15(4)16(14(12)3)11-17(20)19-8-6-18(5)7-9-19/h10H,6-9,11H2,1-5H3. The summed E-state index contributed by atoms with van der Waals surface area (Å²) in [7, 11) is 2.11. The van der Waals surface area contributed by atoms with Crippen LogP contribution in [0.25, 0.3) is 0 Å². The minimum Gasteiger partial charge on any atom is -0.340 e. The summed E-state index contributed by atoms with van der Waals surface area (Å²) in [6.07, 6.45) is 0.546. The smallest absolute Gasteiger partial charge is 0.227 e. The molecule has 0 spiro atoms. The monoisotopic (exact) mass is 274 g/mol. The molecule has 0 atom stereocenters. The topological polar surface area (TPSA) is 23.6 Å². The lowest BCUT2D eigenvalue weighted by atomic mass is 9.92. The minimum atomic E-state index is 0.273. The Morgan fingerprint density at radius 3 is 2.00 bits per heavy atom. The fraction of sp³-hybridized carbons (Fsp3) is 0.588. The predicted octanol–water partition coefficient (Wildman–Crippen LogP) is 2.24. The van der Waals surface area contributed by atoms with E-state index in [0.717, 1.165) is 26.2 Å². The van der Waals surface area contributed by atoms with E-state index in [1.807, 2.05) is 4.90 Å². The maximum atomic E-state index is 12.5. The van der Waals surface area contributed by atoms with Gasteiger partial charge in [-0.2, -0.15) is 0 Å². The number of hydrogen-bond acceptors (Lipinski definition) is 2. The van der Waals surface area contributed by atoms with Crippen LogP contribution in [0.2, 0.25) is 0 Å². The molecule has 1 aromatic carbocycles. The average molecular weight is 274 g/mol.